The van der Waals surface area contributed by atoms with E-state index in [2.05, 4.69) is 37.3 Å². The fourth-order valence-corrected chi connectivity index (χ4v) is 4.21. The zero-order valence-electron chi connectivity index (χ0n) is 19.6. The Balaban J connectivity index is 1.34. The Morgan fingerprint density at radius 3 is 2.51 bits per heavy atom. The Kier molecular flexibility index (Phi) is 6.35. The van der Waals surface area contributed by atoms with Crippen molar-refractivity contribution in [2.24, 2.45) is 5.92 Å². The summed E-state index contributed by atoms with van der Waals surface area (Å²) in [6.07, 6.45) is 5.12. The lowest BCUT2D eigenvalue weighted by molar-refractivity contribution is -0.117. The molecule has 0 bridgehead atoms. The van der Waals surface area contributed by atoms with E-state index >= 15 is 0 Å². The second-order valence-electron chi connectivity index (χ2n) is 9.23. The first-order chi connectivity index (χ1) is 16.9. The molecule has 2 fully saturated rings. The van der Waals surface area contributed by atoms with Crippen LogP contribution < -0.4 is 10.6 Å². The number of halogens is 2. The molecule has 6 nitrogen and oxygen atoms in total. The Bertz CT molecular complexity index is 1300. The number of pyridine rings is 2. The summed E-state index contributed by atoms with van der Waals surface area (Å²) < 4.78 is 26.7. The van der Waals surface area contributed by atoms with Crippen LogP contribution in [0.15, 0.2) is 42.7 Å². The molecule has 0 unspecified atom stereocenters. The molecule has 3 aromatic rings. The monoisotopic (exact) mass is 475 g/mol. The quantitative estimate of drug-likeness (QED) is 0.526. The first-order valence-corrected chi connectivity index (χ1v) is 11.9. The molecular weight excluding hydrogens is 448 g/mol. The number of nitrogens with zero attached hydrogens (tertiary/aromatic N) is 3. The van der Waals surface area contributed by atoms with Crippen LogP contribution in [0.3, 0.4) is 0 Å². The number of anilines is 2. The van der Waals surface area contributed by atoms with Gasteiger partial charge in [0.15, 0.2) is 0 Å². The molecule has 1 aliphatic carbocycles. The topological polar surface area (TPSA) is 70.2 Å². The molecule has 0 spiro atoms. The minimum absolute atomic E-state index is 0.00531. The highest BCUT2D eigenvalue weighted by molar-refractivity contribution is 5.99. The first-order valence-electron chi connectivity index (χ1n) is 11.9. The van der Waals surface area contributed by atoms with Crippen LogP contribution in [0.2, 0.25) is 0 Å². The van der Waals surface area contributed by atoms with Gasteiger partial charge in [0.25, 0.3) is 5.92 Å². The van der Waals surface area contributed by atoms with Gasteiger partial charge in [0.05, 0.1) is 5.56 Å². The Morgan fingerprint density at radius 2 is 1.83 bits per heavy atom. The Labute approximate surface area is 203 Å². The van der Waals surface area contributed by atoms with Gasteiger partial charge < -0.3 is 10.6 Å². The molecule has 180 valence electrons. The molecule has 5 rings (SSSR count). The standard InChI is InChI=1S/C27H27F2N5O/c1-30-25-23-16-31-24(33-26(35)20-8-9-20)14-22(23)21(15-32-25)7-6-18-2-4-19(5-3-18)17-34-12-10-27(28,29)11-13-34/h2-5,14-16,20H,8-13,17H2,1H3,(H,30,32)(H,31,33,35). The molecule has 1 saturated carbocycles. The summed E-state index contributed by atoms with van der Waals surface area (Å²) in [5.74, 6) is 5.16. The maximum atomic E-state index is 13.4. The van der Waals surface area contributed by atoms with Gasteiger partial charge in [0, 0.05) is 74.2 Å². The minimum Gasteiger partial charge on any atom is -0.373 e. The van der Waals surface area contributed by atoms with Gasteiger partial charge in [-0.3, -0.25) is 9.69 Å². The van der Waals surface area contributed by atoms with Crippen molar-refractivity contribution in [3.05, 3.63) is 59.4 Å². The summed E-state index contributed by atoms with van der Waals surface area (Å²) in [4.78, 5) is 23.1. The molecule has 1 aromatic carbocycles. The number of amides is 1. The summed E-state index contributed by atoms with van der Waals surface area (Å²) in [6, 6.07) is 9.72. The molecule has 2 aliphatic rings. The van der Waals surface area contributed by atoms with Crippen molar-refractivity contribution in [3.8, 4) is 11.8 Å². The van der Waals surface area contributed by atoms with Gasteiger partial charge in [-0.2, -0.15) is 0 Å². The van der Waals surface area contributed by atoms with Crippen LogP contribution >= 0.6 is 0 Å². The molecule has 1 amide bonds. The molecule has 1 aliphatic heterocycles. The number of alkyl halides is 2. The van der Waals surface area contributed by atoms with E-state index in [0.717, 1.165) is 40.3 Å². The summed E-state index contributed by atoms with van der Waals surface area (Å²) in [7, 11) is 1.80. The van der Waals surface area contributed by atoms with Crippen LogP contribution in [0.5, 0.6) is 0 Å². The molecule has 8 heteroatoms. The normalized spacial score (nSPS) is 17.5. The van der Waals surface area contributed by atoms with Crippen molar-refractivity contribution < 1.29 is 13.6 Å². The summed E-state index contributed by atoms with van der Waals surface area (Å²) >= 11 is 0. The number of fused-ring (bicyclic) bond motifs is 1. The van der Waals surface area contributed by atoms with E-state index in [9.17, 15) is 13.6 Å². The van der Waals surface area contributed by atoms with Gasteiger partial charge >= 0.3 is 0 Å². The number of hydrogen-bond acceptors (Lipinski definition) is 5. The number of aromatic nitrogens is 2. The lowest BCUT2D eigenvalue weighted by Gasteiger charge is -2.31. The summed E-state index contributed by atoms with van der Waals surface area (Å²) in [5, 5.41) is 7.65. The number of piperidine rings is 1. The third-order valence-corrected chi connectivity index (χ3v) is 6.50. The maximum Gasteiger partial charge on any atom is 0.250 e. The smallest absolute Gasteiger partial charge is 0.250 e. The van der Waals surface area contributed by atoms with Gasteiger partial charge in [-0.05, 0) is 36.6 Å². The third-order valence-electron chi connectivity index (χ3n) is 6.50. The van der Waals surface area contributed by atoms with Gasteiger partial charge in [-0.25, -0.2) is 18.7 Å². The number of likely N-dealkylation sites (tertiary alicyclic amines) is 1. The second kappa shape index (κ2) is 9.59. The van der Waals surface area contributed by atoms with E-state index in [4.69, 9.17) is 0 Å². The van der Waals surface area contributed by atoms with E-state index in [-0.39, 0.29) is 24.7 Å². The molecule has 3 heterocycles. The van der Waals surface area contributed by atoms with Gasteiger partial charge in [-0.1, -0.05) is 24.0 Å². The number of benzene rings is 1. The highest BCUT2D eigenvalue weighted by Crippen LogP contribution is 2.31. The van der Waals surface area contributed by atoms with Crippen LogP contribution in [-0.4, -0.2) is 46.8 Å². The van der Waals surface area contributed by atoms with Gasteiger partial charge in [0.2, 0.25) is 5.91 Å². The second-order valence-corrected chi connectivity index (χ2v) is 9.23. The zero-order chi connectivity index (χ0) is 24.4. The SMILES string of the molecule is CNc1ncc(C#Cc2ccc(CN3CCC(F)(F)CC3)cc2)c2cc(NC(=O)C3CC3)ncc12. The molecular formula is C27H27F2N5O. The van der Waals surface area contributed by atoms with E-state index in [1.165, 1.54) is 0 Å². The van der Waals surface area contributed by atoms with Crippen LogP contribution in [0.4, 0.5) is 20.4 Å². The number of carbonyl (C=O) groups is 1. The Hall–Kier alpha value is -3.57. The fraction of sp³-hybridized carbons (Fsp3) is 0.370. The number of nitrogens with one attached hydrogen (secondary N) is 2. The van der Waals surface area contributed by atoms with Gasteiger partial charge in [0.1, 0.15) is 11.6 Å². The van der Waals surface area contributed by atoms with Crippen molar-refractivity contribution in [3.63, 3.8) is 0 Å². The van der Waals surface area contributed by atoms with Gasteiger partial charge in [-0.15, -0.1) is 0 Å². The molecule has 1 saturated heterocycles. The summed E-state index contributed by atoms with van der Waals surface area (Å²) in [5.41, 5.74) is 2.66. The highest BCUT2D eigenvalue weighted by atomic mass is 19.3. The molecule has 2 N–H and O–H groups in total. The lowest BCUT2D eigenvalue weighted by Crippen LogP contribution is -2.38. The highest BCUT2D eigenvalue weighted by Gasteiger charge is 2.33. The minimum atomic E-state index is -2.53. The first kappa shape index (κ1) is 23.2. The average molecular weight is 476 g/mol. The van der Waals surface area contributed by atoms with Crippen molar-refractivity contribution in [2.45, 2.75) is 38.2 Å². The van der Waals surface area contributed by atoms with Crippen LogP contribution in [0, 0.1) is 17.8 Å². The largest absolute Gasteiger partial charge is 0.373 e. The van der Waals surface area contributed by atoms with Crippen molar-refractivity contribution in [1.82, 2.24) is 14.9 Å². The third kappa shape index (κ3) is 5.57. The Morgan fingerprint density at radius 1 is 1.09 bits per heavy atom. The van der Waals surface area contributed by atoms with Crippen molar-refractivity contribution in [2.75, 3.05) is 30.8 Å². The number of rotatable bonds is 5. The predicted octanol–water partition coefficient (Wildman–Crippen LogP) is 4.65. The fourth-order valence-electron chi connectivity index (χ4n) is 4.21. The molecule has 0 radical (unpaired) electrons. The van der Waals surface area contributed by atoms with E-state index < -0.39 is 5.92 Å². The molecule has 0 atom stereocenters. The average Bonchev–Trinajstić information content (AvgIpc) is 3.70. The van der Waals surface area contributed by atoms with Crippen molar-refractivity contribution in [1.29, 1.82) is 0 Å². The molecule has 35 heavy (non-hydrogen) atoms. The van der Waals surface area contributed by atoms with Crippen LogP contribution in [0.25, 0.3) is 10.8 Å². The van der Waals surface area contributed by atoms with E-state index in [1.54, 1.807) is 19.4 Å². The van der Waals surface area contributed by atoms with E-state index in [1.807, 2.05) is 30.3 Å². The molecule has 2 aromatic heterocycles. The van der Waals surface area contributed by atoms with Crippen molar-refractivity contribution >= 4 is 28.3 Å². The predicted molar refractivity (Wildman–Crippen MR) is 132 cm³/mol. The zero-order valence-corrected chi connectivity index (χ0v) is 19.6. The summed E-state index contributed by atoms with van der Waals surface area (Å²) in [6.45, 7) is 1.48. The number of hydrogen-bond donors (Lipinski definition) is 2. The number of carbonyl (C=O) groups excluding carboxylic acids is 1. The maximum absolute atomic E-state index is 13.4. The van der Waals surface area contributed by atoms with Crippen LogP contribution in [0.1, 0.15) is 42.4 Å². The van der Waals surface area contributed by atoms with E-state index in [0.29, 0.717) is 31.3 Å². The van der Waals surface area contributed by atoms with Crippen LogP contribution in [-0.2, 0) is 11.3 Å². The lowest BCUT2D eigenvalue weighted by atomic mass is 10.1.